The Balaban J connectivity index is 1.48. The van der Waals surface area contributed by atoms with Crippen LogP contribution in [0.3, 0.4) is 0 Å². The van der Waals surface area contributed by atoms with E-state index in [1.165, 1.54) is 0 Å². The molecule has 1 heteroatoms. The van der Waals surface area contributed by atoms with Crippen LogP contribution in [0.15, 0.2) is 0 Å². The average molecular weight is 236 g/mol. The normalized spacial score (nSPS) is 56.1. The van der Waals surface area contributed by atoms with Crippen LogP contribution in [0.4, 0.5) is 0 Å². The number of rotatable bonds is 2. The Morgan fingerprint density at radius 1 is 0.688 bits per heavy atom. The molecule has 4 rings (SSSR count). The van der Waals surface area contributed by atoms with E-state index in [1.807, 2.05) is 0 Å². The highest BCUT2D eigenvalue weighted by Crippen LogP contribution is 2.57. The summed E-state index contributed by atoms with van der Waals surface area (Å²) in [7, 11) is 3.29. The molecule has 0 heterocycles. The van der Waals surface area contributed by atoms with Crippen molar-refractivity contribution in [3.63, 3.8) is 0 Å². The Bertz CT molecular complexity index is 259. The van der Waals surface area contributed by atoms with Gasteiger partial charge < -0.3 is 0 Å². The van der Waals surface area contributed by atoms with Crippen LogP contribution in [-0.2, 0) is 0 Å². The quantitative estimate of drug-likeness (QED) is 0.633. The molecule has 4 fully saturated rings. The molecule has 4 saturated carbocycles. The van der Waals surface area contributed by atoms with E-state index in [1.54, 1.807) is 51.4 Å². The van der Waals surface area contributed by atoms with Crippen molar-refractivity contribution in [2.45, 2.75) is 57.0 Å². The molecule has 0 aromatic carbocycles. The molecule has 4 bridgehead atoms. The van der Waals surface area contributed by atoms with Crippen molar-refractivity contribution >= 4 is 9.24 Å². The van der Waals surface area contributed by atoms with Gasteiger partial charge in [0, 0.05) is 0 Å². The van der Waals surface area contributed by atoms with Crippen LogP contribution in [0.2, 0.25) is 0 Å². The number of fused-ring (bicyclic) bond motifs is 4. The van der Waals surface area contributed by atoms with Gasteiger partial charge in [-0.15, -0.1) is 9.24 Å². The minimum atomic E-state index is 0.991. The minimum absolute atomic E-state index is 0.991. The van der Waals surface area contributed by atoms with Gasteiger partial charge in [0.2, 0.25) is 0 Å². The minimum Gasteiger partial charge on any atom is -0.134 e. The van der Waals surface area contributed by atoms with Crippen LogP contribution in [0.25, 0.3) is 0 Å². The van der Waals surface area contributed by atoms with Crippen molar-refractivity contribution in [3.05, 3.63) is 0 Å². The van der Waals surface area contributed by atoms with Crippen LogP contribution >= 0.6 is 9.24 Å². The van der Waals surface area contributed by atoms with E-state index in [-0.39, 0.29) is 0 Å². The van der Waals surface area contributed by atoms with Crippen molar-refractivity contribution in [2.24, 2.45) is 35.5 Å². The fraction of sp³-hybridized carbons (Fsp3) is 1.00. The first kappa shape index (κ1) is 10.4. The summed E-state index contributed by atoms with van der Waals surface area (Å²) in [4.78, 5) is 0. The molecule has 4 aliphatic carbocycles. The maximum absolute atomic E-state index is 3.29. The summed E-state index contributed by atoms with van der Waals surface area (Å²) < 4.78 is 0. The van der Waals surface area contributed by atoms with E-state index in [0.717, 1.165) is 41.2 Å². The molecule has 0 radical (unpaired) electrons. The molecule has 0 spiro atoms. The maximum atomic E-state index is 3.29. The fourth-order valence-corrected chi connectivity index (χ4v) is 6.79. The van der Waals surface area contributed by atoms with E-state index < -0.39 is 0 Å². The molecule has 90 valence electrons. The van der Waals surface area contributed by atoms with Crippen molar-refractivity contribution in [3.8, 4) is 0 Å². The van der Waals surface area contributed by atoms with Crippen LogP contribution in [0.5, 0.6) is 0 Å². The second kappa shape index (κ2) is 3.71. The van der Waals surface area contributed by atoms with Crippen molar-refractivity contribution < 1.29 is 0 Å². The molecule has 0 aromatic rings. The maximum Gasteiger partial charge on any atom is -0.0202 e. The van der Waals surface area contributed by atoms with Crippen LogP contribution in [-0.4, -0.2) is 5.66 Å². The second-order valence-corrected chi connectivity index (χ2v) is 8.02. The molecule has 0 aliphatic heterocycles. The summed E-state index contributed by atoms with van der Waals surface area (Å²) in [6.45, 7) is 0. The zero-order valence-corrected chi connectivity index (χ0v) is 11.4. The van der Waals surface area contributed by atoms with E-state index in [9.17, 15) is 0 Å². The number of hydrogen-bond acceptors (Lipinski definition) is 0. The predicted molar refractivity (Wildman–Crippen MR) is 71.4 cm³/mol. The molecular formula is C15H25P. The van der Waals surface area contributed by atoms with E-state index >= 15 is 0 Å². The third kappa shape index (κ3) is 1.45. The highest BCUT2D eigenvalue weighted by molar-refractivity contribution is 7.17. The molecule has 0 amide bonds. The number of hydrogen-bond donors (Lipinski definition) is 0. The lowest BCUT2D eigenvalue weighted by molar-refractivity contribution is 0.227. The third-order valence-electron chi connectivity index (χ3n) is 6.57. The smallest absolute Gasteiger partial charge is 0.0202 e. The topological polar surface area (TPSA) is 0 Å². The van der Waals surface area contributed by atoms with Gasteiger partial charge in [0.15, 0.2) is 0 Å². The zero-order chi connectivity index (χ0) is 10.7. The Kier molecular flexibility index (Phi) is 2.40. The van der Waals surface area contributed by atoms with Crippen molar-refractivity contribution in [2.75, 3.05) is 0 Å². The van der Waals surface area contributed by atoms with Crippen LogP contribution in [0.1, 0.15) is 51.4 Å². The van der Waals surface area contributed by atoms with Gasteiger partial charge >= 0.3 is 0 Å². The average Bonchev–Trinajstić information content (AvgIpc) is 3.06. The Morgan fingerprint density at radius 2 is 1.19 bits per heavy atom. The van der Waals surface area contributed by atoms with Gasteiger partial charge in [-0.05, 0) is 79.7 Å². The van der Waals surface area contributed by atoms with Gasteiger partial charge in [0.05, 0.1) is 0 Å². The first-order valence-corrected chi connectivity index (χ1v) is 8.23. The summed E-state index contributed by atoms with van der Waals surface area (Å²) in [5.74, 6) is 6.74. The predicted octanol–water partition coefficient (Wildman–Crippen LogP) is 4.10. The van der Waals surface area contributed by atoms with Crippen LogP contribution in [0, 0.1) is 35.5 Å². The third-order valence-corrected chi connectivity index (χ3v) is 7.56. The van der Waals surface area contributed by atoms with Crippen molar-refractivity contribution in [1.29, 1.82) is 0 Å². The van der Waals surface area contributed by atoms with Gasteiger partial charge in [-0.2, -0.15) is 0 Å². The van der Waals surface area contributed by atoms with E-state index in [0.29, 0.717) is 0 Å². The lowest BCUT2D eigenvalue weighted by Crippen LogP contribution is -2.31. The standard InChI is InChI=1S/C15H25P/c16-15(13-7-9-1-3-11(13)5-9)14-8-10-2-4-12(14)6-10/h9-15H,1-8,16H2. The molecule has 16 heavy (non-hydrogen) atoms. The highest BCUT2D eigenvalue weighted by atomic mass is 31.0. The first-order chi connectivity index (χ1) is 7.81. The second-order valence-electron chi connectivity index (χ2n) is 7.25. The summed E-state index contributed by atoms with van der Waals surface area (Å²) in [5.41, 5.74) is 0.991. The summed E-state index contributed by atoms with van der Waals surface area (Å²) in [6.07, 6.45) is 12.6. The van der Waals surface area contributed by atoms with E-state index in [2.05, 4.69) is 9.24 Å². The van der Waals surface area contributed by atoms with Crippen molar-refractivity contribution in [1.82, 2.24) is 0 Å². The van der Waals surface area contributed by atoms with Gasteiger partial charge in [-0.1, -0.05) is 12.8 Å². The summed E-state index contributed by atoms with van der Waals surface area (Å²) >= 11 is 0. The molecule has 4 aliphatic rings. The Labute approximate surface area is 102 Å². The molecule has 0 aromatic heterocycles. The molecule has 0 N–H and O–H groups in total. The summed E-state index contributed by atoms with van der Waals surface area (Å²) in [5, 5.41) is 0. The highest BCUT2D eigenvalue weighted by Gasteiger charge is 2.48. The van der Waals surface area contributed by atoms with Crippen LogP contribution < -0.4 is 0 Å². The lowest BCUT2D eigenvalue weighted by Gasteiger charge is -2.35. The Morgan fingerprint density at radius 3 is 1.50 bits per heavy atom. The molecule has 7 atom stereocenters. The fourth-order valence-electron chi connectivity index (χ4n) is 5.85. The monoisotopic (exact) mass is 236 g/mol. The van der Waals surface area contributed by atoms with Gasteiger partial charge in [-0.3, -0.25) is 0 Å². The van der Waals surface area contributed by atoms with Gasteiger partial charge in [-0.25, -0.2) is 0 Å². The van der Waals surface area contributed by atoms with E-state index in [4.69, 9.17) is 0 Å². The molecule has 7 unspecified atom stereocenters. The van der Waals surface area contributed by atoms with Gasteiger partial charge in [0.1, 0.15) is 0 Å². The molecule has 0 saturated heterocycles. The Hall–Kier alpha value is 0.430. The zero-order valence-electron chi connectivity index (χ0n) is 10.3. The summed E-state index contributed by atoms with van der Waals surface area (Å²) in [6, 6.07) is 0. The molecular weight excluding hydrogens is 211 g/mol. The first-order valence-electron chi connectivity index (χ1n) is 7.57. The molecule has 0 nitrogen and oxygen atoms in total. The lowest BCUT2D eigenvalue weighted by atomic mass is 9.76. The largest absolute Gasteiger partial charge is 0.134 e. The SMILES string of the molecule is PC(C1CC2CCC1C2)C1CC2CCC1C2. The van der Waals surface area contributed by atoms with Gasteiger partial charge in [0.25, 0.3) is 0 Å².